The minimum atomic E-state index is -0.782. The van der Waals surface area contributed by atoms with Gasteiger partial charge < -0.3 is 14.2 Å². The lowest BCUT2D eigenvalue weighted by atomic mass is 10.1. The Morgan fingerprint density at radius 3 is 1.13 bits per heavy atom. The minimum Gasteiger partial charge on any atom is -0.462 e. The molecule has 0 aliphatic heterocycles. The van der Waals surface area contributed by atoms with Gasteiger partial charge in [0.2, 0.25) is 0 Å². The Hall–Kier alpha value is -2.63. The second kappa shape index (κ2) is 43.1. The van der Waals surface area contributed by atoms with Gasteiger partial charge in [-0.2, -0.15) is 0 Å². The van der Waals surface area contributed by atoms with Crippen LogP contribution >= 0.6 is 0 Å². The zero-order chi connectivity index (χ0) is 39.4. The van der Waals surface area contributed by atoms with E-state index in [1.807, 2.05) is 0 Å². The molecular formula is C48H84O6. The second-order valence-electron chi connectivity index (χ2n) is 14.9. The fraction of sp³-hybridized carbons (Fsp3) is 0.771. The Bertz CT molecular complexity index is 964. The van der Waals surface area contributed by atoms with Crippen LogP contribution in [0.3, 0.4) is 0 Å². The van der Waals surface area contributed by atoms with Crippen LogP contribution < -0.4 is 0 Å². The SMILES string of the molecule is CCC/C=C\C/C=C\CCCCCCCC(=O)OCC(COC(=O)CCCCCCC/C=C\CCC)OC(=O)CCCCCCC/C=C\CCCCCC. The first-order valence-corrected chi connectivity index (χ1v) is 22.6. The average molecular weight is 757 g/mol. The van der Waals surface area contributed by atoms with Crippen molar-refractivity contribution >= 4 is 17.9 Å². The van der Waals surface area contributed by atoms with Gasteiger partial charge in [0.05, 0.1) is 0 Å². The molecule has 0 amide bonds. The van der Waals surface area contributed by atoms with Gasteiger partial charge in [-0.1, -0.05) is 159 Å². The maximum Gasteiger partial charge on any atom is 0.306 e. The van der Waals surface area contributed by atoms with E-state index in [0.717, 1.165) is 109 Å². The van der Waals surface area contributed by atoms with Crippen molar-refractivity contribution in [1.82, 2.24) is 0 Å². The van der Waals surface area contributed by atoms with Gasteiger partial charge in [0, 0.05) is 19.3 Å². The molecular weight excluding hydrogens is 673 g/mol. The standard InChI is InChI=1S/C48H84O6/c1-4-7-10-13-16-19-22-24-26-29-32-35-38-41-47(50)53-44-45(43-52-46(49)40-37-34-31-28-21-18-15-12-9-6-3)54-48(51)42-39-36-33-30-27-25-23-20-17-14-11-8-5-2/h10,12-13,15,19-20,22-23,45H,4-9,11,14,16-18,21,24-44H2,1-3H3/b13-10-,15-12-,22-19-,23-20-. The molecule has 0 aliphatic carbocycles. The average Bonchev–Trinajstić information content (AvgIpc) is 3.17. The van der Waals surface area contributed by atoms with Crippen molar-refractivity contribution in [3.05, 3.63) is 48.6 Å². The van der Waals surface area contributed by atoms with Gasteiger partial charge in [-0.15, -0.1) is 0 Å². The normalized spacial score (nSPS) is 12.4. The van der Waals surface area contributed by atoms with Crippen LogP contribution in [-0.2, 0) is 28.6 Å². The Morgan fingerprint density at radius 2 is 0.704 bits per heavy atom. The van der Waals surface area contributed by atoms with Crippen molar-refractivity contribution in [2.24, 2.45) is 0 Å². The molecule has 0 saturated heterocycles. The predicted molar refractivity (Wildman–Crippen MR) is 229 cm³/mol. The van der Waals surface area contributed by atoms with E-state index in [4.69, 9.17) is 14.2 Å². The smallest absolute Gasteiger partial charge is 0.306 e. The first kappa shape index (κ1) is 51.4. The van der Waals surface area contributed by atoms with Gasteiger partial charge in [-0.05, 0) is 89.9 Å². The lowest BCUT2D eigenvalue weighted by molar-refractivity contribution is -0.167. The summed E-state index contributed by atoms with van der Waals surface area (Å²) in [4.78, 5) is 37.7. The van der Waals surface area contributed by atoms with Gasteiger partial charge >= 0.3 is 17.9 Å². The van der Waals surface area contributed by atoms with Crippen molar-refractivity contribution in [2.45, 2.75) is 226 Å². The summed E-state index contributed by atoms with van der Waals surface area (Å²) in [6.07, 6.45) is 49.5. The number of carbonyl (C=O) groups is 3. The van der Waals surface area contributed by atoms with E-state index in [1.54, 1.807) is 0 Å². The second-order valence-corrected chi connectivity index (χ2v) is 14.9. The van der Waals surface area contributed by atoms with E-state index < -0.39 is 6.10 Å². The van der Waals surface area contributed by atoms with Gasteiger partial charge in [0.25, 0.3) is 0 Å². The van der Waals surface area contributed by atoms with Crippen LogP contribution in [0.2, 0.25) is 0 Å². The zero-order valence-electron chi connectivity index (χ0n) is 35.5. The molecule has 312 valence electrons. The maximum absolute atomic E-state index is 12.7. The summed E-state index contributed by atoms with van der Waals surface area (Å²) in [5.41, 5.74) is 0. The molecule has 0 N–H and O–H groups in total. The third-order valence-electron chi connectivity index (χ3n) is 9.49. The number of hydrogen-bond donors (Lipinski definition) is 0. The fourth-order valence-corrected chi connectivity index (χ4v) is 6.06. The van der Waals surface area contributed by atoms with E-state index >= 15 is 0 Å². The van der Waals surface area contributed by atoms with Gasteiger partial charge in [0.1, 0.15) is 13.2 Å². The third kappa shape index (κ3) is 40.6. The molecule has 0 heterocycles. The molecule has 0 radical (unpaired) electrons. The highest BCUT2D eigenvalue weighted by Gasteiger charge is 2.19. The number of ether oxygens (including phenoxy) is 3. The molecule has 6 nitrogen and oxygen atoms in total. The largest absolute Gasteiger partial charge is 0.462 e. The van der Waals surface area contributed by atoms with E-state index in [2.05, 4.69) is 69.4 Å². The van der Waals surface area contributed by atoms with Gasteiger partial charge in [0.15, 0.2) is 6.10 Å². The molecule has 0 aromatic heterocycles. The first-order valence-electron chi connectivity index (χ1n) is 22.6. The number of rotatable bonds is 40. The van der Waals surface area contributed by atoms with Crippen LogP contribution in [0.1, 0.15) is 220 Å². The monoisotopic (exact) mass is 757 g/mol. The number of hydrogen-bond acceptors (Lipinski definition) is 6. The van der Waals surface area contributed by atoms with E-state index in [1.165, 1.54) is 70.6 Å². The molecule has 0 saturated carbocycles. The predicted octanol–water partition coefficient (Wildman–Crippen LogP) is 14.4. The van der Waals surface area contributed by atoms with Crippen molar-refractivity contribution in [3.8, 4) is 0 Å². The molecule has 6 heteroatoms. The lowest BCUT2D eigenvalue weighted by Crippen LogP contribution is -2.30. The van der Waals surface area contributed by atoms with Crippen LogP contribution in [0, 0.1) is 0 Å². The van der Waals surface area contributed by atoms with Crippen molar-refractivity contribution in [2.75, 3.05) is 13.2 Å². The van der Waals surface area contributed by atoms with Crippen molar-refractivity contribution in [3.63, 3.8) is 0 Å². The van der Waals surface area contributed by atoms with Gasteiger partial charge in [-0.25, -0.2) is 0 Å². The van der Waals surface area contributed by atoms with Crippen LogP contribution in [0.4, 0.5) is 0 Å². The molecule has 54 heavy (non-hydrogen) atoms. The molecule has 1 unspecified atom stereocenters. The first-order chi connectivity index (χ1) is 26.5. The Labute approximate surface area is 333 Å². The summed E-state index contributed by atoms with van der Waals surface area (Å²) in [5, 5.41) is 0. The lowest BCUT2D eigenvalue weighted by Gasteiger charge is -2.18. The molecule has 0 rings (SSSR count). The third-order valence-corrected chi connectivity index (χ3v) is 9.49. The quantitative estimate of drug-likeness (QED) is 0.0268. The molecule has 0 aromatic rings. The molecule has 1 atom stereocenters. The summed E-state index contributed by atoms with van der Waals surface area (Å²) in [5.74, 6) is -0.922. The summed E-state index contributed by atoms with van der Waals surface area (Å²) in [6, 6.07) is 0. The van der Waals surface area contributed by atoms with Gasteiger partial charge in [-0.3, -0.25) is 14.4 Å². The number of esters is 3. The molecule has 0 bridgehead atoms. The molecule has 0 aliphatic rings. The summed E-state index contributed by atoms with van der Waals surface area (Å²) >= 11 is 0. The topological polar surface area (TPSA) is 78.9 Å². The maximum atomic E-state index is 12.7. The number of allylic oxidation sites excluding steroid dienone is 8. The number of carbonyl (C=O) groups excluding carboxylic acids is 3. The van der Waals surface area contributed by atoms with Crippen LogP contribution in [-0.4, -0.2) is 37.2 Å². The zero-order valence-corrected chi connectivity index (χ0v) is 35.5. The number of unbranched alkanes of at least 4 members (excludes halogenated alkanes) is 21. The Balaban J connectivity index is 4.41. The molecule has 0 spiro atoms. The Kier molecular flexibility index (Phi) is 41.0. The van der Waals surface area contributed by atoms with Crippen molar-refractivity contribution < 1.29 is 28.6 Å². The summed E-state index contributed by atoms with van der Waals surface area (Å²) < 4.78 is 16.7. The van der Waals surface area contributed by atoms with Crippen LogP contribution in [0.25, 0.3) is 0 Å². The highest BCUT2D eigenvalue weighted by atomic mass is 16.6. The summed E-state index contributed by atoms with van der Waals surface area (Å²) in [6.45, 7) is 6.45. The van der Waals surface area contributed by atoms with E-state index in [9.17, 15) is 14.4 Å². The van der Waals surface area contributed by atoms with Crippen molar-refractivity contribution in [1.29, 1.82) is 0 Å². The fourth-order valence-electron chi connectivity index (χ4n) is 6.06. The van der Waals surface area contributed by atoms with Crippen LogP contribution in [0.5, 0.6) is 0 Å². The highest BCUT2D eigenvalue weighted by Crippen LogP contribution is 2.13. The van der Waals surface area contributed by atoms with E-state index in [0.29, 0.717) is 19.3 Å². The van der Waals surface area contributed by atoms with E-state index in [-0.39, 0.29) is 31.1 Å². The Morgan fingerprint density at radius 1 is 0.370 bits per heavy atom. The summed E-state index contributed by atoms with van der Waals surface area (Å²) in [7, 11) is 0. The molecule has 0 aromatic carbocycles. The molecule has 0 fully saturated rings. The minimum absolute atomic E-state index is 0.0858. The van der Waals surface area contributed by atoms with Crippen LogP contribution in [0.15, 0.2) is 48.6 Å². The highest BCUT2D eigenvalue weighted by molar-refractivity contribution is 5.71.